The molecule has 9 heavy (non-hydrogen) atoms. The summed E-state index contributed by atoms with van der Waals surface area (Å²) in [5.41, 5.74) is 0. The van der Waals surface area contributed by atoms with Crippen LogP contribution in [0, 0.1) is 35.5 Å². The molecule has 0 spiro atoms. The molecule has 3 nitrogen and oxygen atoms in total. The molecule has 0 aliphatic rings. The first-order valence-electron chi connectivity index (χ1n) is 0.671. The zero-order valence-corrected chi connectivity index (χ0v) is 13.6. The maximum Gasteiger partial charge on any atom is 3.00 e. The van der Waals surface area contributed by atoms with E-state index in [4.69, 9.17) is 35.5 Å². The molecule has 0 bridgehead atoms. The van der Waals surface area contributed by atoms with Gasteiger partial charge in [-0.2, -0.15) is 0 Å². The molecule has 0 aromatic rings. The van der Waals surface area contributed by atoms with Gasteiger partial charge in [0.15, 0.2) is 0 Å². The van der Waals surface area contributed by atoms with Crippen LogP contribution in [0.25, 0.3) is 0 Å². The predicted octanol–water partition coefficient (Wildman–Crippen LogP) is -0.475. The summed E-state index contributed by atoms with van der Waals surface area (Å²) in [4.78, 5) is 0. The predicted molar refractivity (Wildman–Crippen MR) is 26.4 cm³/mol. The van der Waals surface area contributed by atoms with Crippen molar-refractivity contribution in [2.75, 3.05) is 0 Å². The summed E-state index contributed by atoms with van der Waals surface area (Å²) in [6.45, 7) is 14.2. The van der Waals surface area contributed by atoms with Gasteiger partial charge < -0.3 is 35.5 Å². The second-order valence-electron chi connectivity index (χ2n) is 0. The van der Waals surface area contributed by atoms with Gasteiger partial charge in [0, 0.05) is 103 Å². The van der Waals surface area contributed by atoms with Gasteiger partial charge >= 0.3 is 22.4 Å². The Bertz CT molecular complexity index is 45.5. The summed E-state index contributed by atoms with van der Waals surface area (Å²) in [5, 5.41) is 18.8. The van der Waals surface area contributed by atoms with Gasteiger partial charge in [0.1, 0.15) is 0 Å². The smallest absolute Gasteiger partial charge is 0.512 e. The van der Waals surface area contributed by atoms with Crippen molar-refractivity contribution in [2.45, 2.75) is 0 Å². The molecule has 0 aromatic carbocycles. The van der Waals surface area contributed by atoms with Gasteiger partial charge in [-0.25, -0.2) is 0 Å². The van der Waals surface area contributed by atoms with Crippen LogP contribution in [0.15, 0.2) is 0 Å². The van der Waals surface area contributed by atoms with Crippen LogP contribution in [-0.4, -0.2) is 103 Å². The summed E-state index contributed by atoms with van der Waals surface area (Å²) < 4.78 is 0. The van der Waals surface area contributed by atoms with E-state index in [0.29, 0.717) is 0 Å². The minimum Gasteiger partial charge on any atom is -0.512 e. The molecule has 0 atom stereocenters. The topological polar surface area (TPSA) is 71.4 Å². The maximum atomic E-state index is 6.25. The van der Waals surface area contributed by atoms with Crippen molar-refractivity contribution in [3.8, 4) is 0 Å². The van der Waals surface area contributed by atoms with Crippen molar-refractivity contribution in [1.29, 1.82) is 15.8 Å². The van der Waals surface area contributed by atoms with Crippen LogP contribution in [0.2, 0.25) is 0 Å². The Balaban J connectivity index is -0.00000000321. The first-order valence-corrected chi connectivity index (χ1v) is 0.671. The average molecular weight is 353 g/mol. The Morgan fingerprint density at radius 3 is 0.556 bits per heavy atom. The minimum absolute atomic E-state index is 0. The first kappa shape index (κ1) is 42.0. The number of rotatable bonds is 0. The Morgan fingerprint density at radius 2 is 0.556 bits per heavy atom. The molecule has 0 fully saturated rings. The fraction of sp³-hybridized carbons (Fsp3) is 0. The molecular weight excluding hydrogens is 353 g/mol. The van der Waals surface area contributed by atoms with Crippen molar-refractivity contribution in [2.24, 2.45) is 0 Å². The third-order valence-electron chi connectivity index (χ3n) is 0. The van der Waals surface area contributed by atoms with E-state index in [1.165, 1.54) is 0 Å². The van der Waals surface area contributed by atoms with Gasteiger partial charge in [-0.05, 0) is 0 Å². The quantitative estimate of drug-likeness (QED) is 0.437. The van der Waals surface area contributed by atoms with Crippen LogP contribution >= 0.6 is 0 Å². The van der Waals surface area contributed by atoms with Crippen molar-refractivity contribution in [1.82, 2.24) is 0 Å². The SMILES string of the molecule is [Au+3].[C-]#N.[C-]#N.[C-]#N.[K].[K]. The van der Waals surface area contributed by atoms with Crippen molar-refractivity contribution >= 4 is 103 Å². The zero-order valence-electron chi connectivity index (χ0n) is 5.14. The molecule has 0 N–H and O–H groups in total. The summed E-state index contributed by atoms with van der Waals surface area (Å²) >= 11 is 0. The molecule has 6 heteroatoms. The van der Waals surface area contributed by atoms with Gasteiger partial charge in [0.25, 0.3) is 0 Å². The van der Waals surface area contributed by atoms with Crippen LogP contribution in [-0.2, 0) is 22.4 Å². The fourth-order valence-electron chi connectivity index (χ4n) is 0. The molecule has 0 aromatic heterocycles. The molecule has 0 aliphatic carbocycles. The fourth-order valence-corrected chi connectivity index (χ4v) is 0. The van der Waals surface area contributed by atoms with E-state index < -0.39 is 0 Å². The monoisotopic (exact) mass is 353 g/mol. The molecule has 0 heterocycles. The van der Waals surface area contributed by atoms with Crippen molar-refractivity contribution < 1.29 is 22.4 Å². The number of nitrogens with zero attached hydrogens (tertiary/aromatic N) is 3. The van der Waals surface area contributed by atoms with Gasteiger partial charge in [0.05, 0.1) is 0 Å². The van der Waals surface area contributed by atoms with Gasteiger partial charge in [-0.3, -0.25) is 0 Å². The third-order valence-corrected chi connectivity index (χ3v) is 0. The second-order valence-corrected chi connectivity index (χ2v) is 0. The van der Waals surface area contributed by atoms with Crippen LogP contribution in [0.1, 0.15) is 0 Å². The van der Waals surface area contributed by atoms with Crippen molar-refractivity contribution in [3.63, 3.8) is 0 Å². The molecule has 0 saturated heterocycles. The summed E-state index contributed by atoms with van der Waals surface area (Å²) in [6.07, 6.45) is 0. The minimum atomic E-state index is 0. The largest absolute Gasteiger partial charge is 3.00 e. The van der Waals surface area contributed by atoms with Crippen LogP contribution in [0.4, 0.5) is 0 Å². The molecule has 0 saturated carbocycles. The first-order chi connectivity index (χ1) is 3.00. The van der Waals surface area contributed by atoms with E-state index in [1.54, 1.807) is 0 Å². The molecule has 2 radical (unpaired) electrons. The van der Waals surface area contributed by atoms with E-state index in [9.17, 15) is 0 Å². The Kier molecular flexibility index (Phi) is 713. The normalized spacial score (nSPS) is 0.667. The second kappa shape index (κ2) is 153. The average Bonchev–Trinajstić information content (AvgIpc) is 1.81. The molecule has 0 unspecified atom stereocenters. The number of hydrogen-bond donors (Lipinski definition) is 0. The van der Waals surface area contributed by atoms with E-state index in [-0.39, 0.29) is 125 Å². The Labute approximate surface area is 156 Å². The molecule has 0 amide bonds. The zero-order chi connectivity index (χ0) is 6.00. The molecular formula is C3AuK2N3. The molecule has 0 rings (SSSR count). The standard InChI is InChI=1S/3CN.Au.2K/c3*1-2;;;/q3*-1;+3;;. The third kappa shape index (κ3) is 122. The maximum absolute atomic E-state index is 6.25. The van der Waals surface area contributed by atoms with Crippen LogP contribution in [0.3, 0.4) is 0 Å². The molecule has 40 valence electrons. The summed E-state index contributed by atoms with van der Waals surface area (Å²) in [6, 6.07) is 0. The number of hydrogen-bond acceptors (Lipinski definition) is 3. The van der Waals surface area contributed by atoms with E-state index in [2.05, 4.69) is 0 Å². The van der Waals surface area contributed by atoms with E-state index in [1.807, 2.05) is 0 Å². The Morgan fingerprint density at radius 1 is 0.556 bits per heavy atom. The van der Waals surface area contributed by atoms with Gasteiger partial charge in [-0.1, -0.05) is 0 Å². The van der Waals surface area contributed by atoms with Crippen LogP contribution < -0.4 is 0 Å². The van der Waals surface area contributed by atoms with Crippen molar-refractivity contribution in [3.05, 3.63) is 19.7 Å². The van der Waals surface area contributed by atoms with Gasteiger partial charge in [0.2, 0.25) is 0 Å². The molecule has 0 aliphatic heterocycles. The van der Waals surface area contributed by atoms with Gasteiger partial charge in [-0.15, -0.1) is 0 Å². The Hall–Kier alpha value is 2.48. The van der Waals surface area contributed by atoms with E-state index in [0.717, 1.165) is 0 Å². The summed E-state index contributed by atoms with van der Waals surface area (Å²) in [7, 11) is 0. The van der Waals surface area contributed by atoms with Crippen LogP contribution in [0.5, 0.6) is 0 Å². The summed E-state index contributed by atoms with van der Waals surface area (Å²) in [5.74, 6) is 0. The van der Waals surface area contributed by atoms with E-state index >= 15 is 0 Å².